The SMILES string of the molecule is [CH2]CNCCC(C)CC. The van der Waals surface area contributed by atoms with Crippen molar-refractivity contribution in [2.24, 2.45) is 5.92 Å². The summed E-state index contributed by atoms with van der Waals surface area (Å²) in [4.78, 5) is 0. The Bertz CT molecular complexity index is 52.5. The molecule has 1 radical (unpaired) electrons. The molecule has 1 atom stereocenters. The number of hydrogen-bond donors (Lipinski definition) is 1. The highest BCUT2D eigenvalue weighted by Crippen LogP contribution is 2.03. The molecule has 0 amide bonds. The fourth-order valence-electron chi connectivity index (χ4n) is 0.678. The lowest BCUT2D eigenvalue weighted by Gasteiger charge is -2.06. The number of rotatable bonds is 5. The Hall–Kier alpha value is -0.0400. The second-order valence-electron chi connectivity index (χ2n) is 2.55. The Labute approximate surface area is 58.8 Å². The van der Waals surface area contributed by atoms with Crippen LogP contribution in [0.3, 0.4) is 0 Å². The van der Waals surface area contributed by atoms with Crippen molar-refractivity contribution in [3.05, 3.63) is 6.92 Å². The van der Waals surface area contributed by atoms with Crippen molar-refractivity contribution in [2.45, 2.75) is 26.7 Å². The molecule has 55 valence electrons. The van der Waals surface area contributed by atoms with E-state index in [9.17, 15) is 0 Å². The predicted octanol–water partition coefficient (Wildman–Crippen LogP) is 1.85. The second-order valence-corrected chi connectivity index (χ2v) is 2.55. The molecular formula is C8H18N. The zero-order valence-electron chi connectivity index (χ0n) is 6.61. The first-order valence-electron chi connectivity index (χ1n) is 3.81. The lowest BCUT2D eigenvalue weighted by molar-refractivity contribution is 0.496. The summed E-state index contributed by atoms with van der Waals surface area (Å²) in [6.07, 6.45) is 2.57. The summed E-state index contributed by atoms with van der Waals surface area (Å²) in [5.41, 5.74) is 0. The molecule has 0 bridgehead atoms. The maximum Gasteiger partial charge on any atom is -0.00464 e. The normalized spacial score (nSPS) is 13.7. The van der Waals surface area contributed by atoms with Crippen LogP contribution in [-0.2, 0) is 0 Å². The van der Waals surface area contributed by atoms with Gasteiger partial charge in [0.1, 0.15) is 0 Å². The van der Waals surface area contributed by atoms with E-state index in [1.807, 2.05) is 0 Å². The van der Waals surface area contributed by atoms with Gasteiger partial charge in [-0.05, 0) is 32.4 Å². The molecule has 1 N–H and O–H groups in total. The van der Waals surface area contributed by atoms with Gasteiger partial charge in [0.15, 0.2) is 0 Å². The van der Waals surface area contributed by atoms with E-state index >= 15 is 0 Å². The standard InChI is InChI=1S/C8H18N/c1-4-8(3)6-7-9-5-2/h8-9H,2,4-7H2,1,3H3. The van der Waals surface area contributed by atoms with Gasteiger partial charge >= 0.3 is 0 Å². The summed E-state index contributed by atoms with van der Waals surface area (Å²) in [5, 5.41) is 3.20. The van der Waals surface area contributed by atoms with Crippen molar-refractivity contribution in [3.63, 3.8) is 0 Å². The van der Waals surface area contributed by atoms with Crippen LogP contribution in [-0.4, -0.2) is 13.1 Å². The highest BCUT2D eigenvalue weighted by molar-refractivity contribution is 4.53. The van der Waals surface area contributed by atoms with Crippen LogP contribution in [0.15, 0.2) is 0 Å². The van der Waals surface area contributed by atoms with Gasteiger partial charge in [0.2, 0.25) is 0 Å². The van der Waals surface area contributed by atoms with E-state index < -0.39 is 0 Å². The first-order chi connectivity index (χ1) is 4.31. The minimum absolute atomic E-state index is 0.858. The van der Waals surface area contributed by atoms with Crippen LogP contribution in [0.1, 0.15) is 26.7 Å². The van der Waals surface area contributed by atoms with E-state index in [2.05, 4.69) is 26.1 Å². The summed E-state index contributed by atoms with van der Waals surface area (Å²) in [6.45, 7) is 10.2. The lowest BCUT2D eigenvalue weighted by Crippen LogP contribution is -2.16. The van der Waals surface area contributed by atoms with Crippen molar-refractivity contribution in [2.75, 3.05) is 13.1 Å². The molecular weight excluding hydrogens is 110 g/mol. The summed E-state index contributed by atoms with van der Waals surface area (Å²) in [6, 6.07) is 0. The van der Waals surface area contributed by atoms with Crippen LogP contribution in [0.4, 0.5) is 0 Å². The van der Waals surface area contributed by atoms with Gasteiger partial charge in [-0.25, -0.2) is 0 Å². The van der Waals surface area contributed by atoms with E-state index in [1.54, 1.807) is 0 Å². The van der Waals surface area contributed by atoms with Crippen molar-refractivity contribution in [1.29, 1.82) is 0 Å². The zero-order chi connectivity index (χ0) is 7.11. The minimum atomic E-state index is 0.858. The molecule has 0 aliphatic rings. The van der Waals surface area contributed by atoms with E-state index in [1.165, 1.54) is 12.8 Å². The van der Waals surface area contributed by atoms with Crippen LogP contribution >= 0.6 is 0 Å². The van der Waals surface area contributed by atoms with Gasteiger partial charge in [0, 0.05) is 0 Å². The van der Waals surface area contributed by atoms with Crippen LogP contribution in [0.5, 0.6) is 0 Å². The third-order valence-electron chi connectivity index (χ3n) is 1.69. The van der Waals surface area contributed by atoms with Gasteiger partial charge < -0.3 is 5.32 Å². The van der Waals surface area contributed by atoms with E-state index in [4.69, 9.17) is 0 Å². The van der Waals surface area contributed by atoms with Gasteiger partial charge in [-0.2, -0.15) is 0 Å². The van der Waals surface area contributed by atoms with Gasteiger partial charge in [-0.15, -0.1) is 0 Å². The van der Waals surface area contributed by atoms with Crippen LogP contribution in [0, 0.1) is 12.8 Å². The van der Waals surface area contributed by atoms with Crippen LogP contribution in [0.25, 0.3) is 0 Å². The van der Waals surface area contributed by atoms with Crippen molar-refractivity contribution in [3.8, 4) is 0 Å². The Morgan fingerprint density at radius 3 is 2.67 bits per heavy atom. The first kappa shape index (κ1) is 8.96. The smallest absolute Gasteiger partial charge is 0.00464 e. The molecule has 1 unspecified atom stereocenters. The topological polar surface area (TPSA) is 12.0 Å². The first-order valence-corrected chi connectivity index (χ1v) is 3.81. The van der Waals surface area contributed by atoms with Gasteiger partial charge in [-0.1, -0.05) is 20.3 Å². The maximum absolute atomic E-state index is 3.70. The third-order valence-corrected chi connectivity index (χ3v) is 1.69. The number of hydrogen-bond acceptors (Lipinski definition) is 1. The van der Waals surface area contributed by atoms with Crippen molar-refractivity contribution < 1.29 is 0 Å². The molecule has 1 heteroatoms. The van der Waals surface area contributed by atoms with Crippen LogP contribution in [0.2, 0.25) is 0 Å². The minimum Gasteiger partial charge on any atom is -0.317 e. The molecule has 0 saturated heterocycles. The van der Waals surface area contributed by atoms with Crippen molar-refractivity contribution in [1.82, 2.24) is 5.32 Å². The zero-order valence-corrected chi connectivity index (χ0v) is 6.61. The molecule has 9 heavy (non-hydrogen) atoms. The van der Waals surface area contributed by atoms with Gasteiger partial charge in [-0.3, -0.25) is 0 Å². The highest BCUT2D eigenvalue weighted by Gasteiger charge is 1.95. The second kappa shape index (κ2) is 6.09. The fourth-order valence-corrected chi connectivity index (χ4v) is 0.678. The Balaban J connectivity index is 2.88. The molecule has 0 fully saturated rings. The monoisotopic (exact) mass is 128 g/mol. The predicted molar refractivity (Wildman–Crippen MR) is 42.3 cm³/mol. The Morgan fingerprint density at radius 2 is 2.22 bits per heavy atom. The summed E-state index contributed by atoms with van der Waals surface area (Å²) >= 11 is 0. The van der Waals surface area contributed by atoms with E-state index in [-0.39, 0.29) is 0 Å². The highest BCUT2D eigenvalue weighted by atomic mass is 14.8. The molecule has 0 aromatic rings. The molecule has 0 aliphatic carbocycles. The van der Waals surface area contributed by atoms with Crippen LogP contribution < -0.4 is 5.32 Å². The molecule has 1 nitrogen and oxygen atoms in total. The van der Waals surface area contributed by atoms with Crippen molar-refractivity contribution >= 4 is 0 Å². The van der Waals surface area contributed by atoms with E-state index in [0.29, 0.717) is 0 Å². The quantitative estimate of drug-likeness (QED) is 0.557. The molecule has 0 spiro atoms. The van der Waals surface area contributed by atoms with Gasteiger partial charge in [0.05, 0.1) is 0 Å². The average molecular weight is 128 g/mol. The largest absolute Gasteiger partial charge is 0.317 e. The molecule has 0 rings (SSSR count). The Kier molecular flexibility index (Phi) is 6.06. The summed E-state index contributed by atoms with van der Waals surface area (Å²) in [5.74, 6) is 0.865. The number of nitrogens with one attached hydrogen (secondary N) is 1. The summed E-state index contributed by atoms with van der Waals surface area (Å²) in [7, 11) is 0. The molecule has 0 aromatic heterocycles. The third kappa shape index (κ3) is 5.84. The molecule has 0 aliphatic heterocycles. The fraction of sp³-hybridized carbons (Fsp3) is 0.875. The Morgan fingerprint density at radius 1 is 1.56 bits per heavy atom. The molecule has 0 aromatic carbocycles. The van der Waals surface area contributed by atoms with E-state index in [0.717, 1.165) is 19.0 Å². The maximum atomic E-state index is 3.70. The summed E-state index contributed by atoms with van der Waals surface area (Å²) < 4.78 is 0. The average Bonchev–Trinajstić information content (AvgIpc) is 1.89. The lowest BCUT2D eigenvalue weighted by atomic mass is 10.1. The molecule has 0 saturated carbocycles. The van der Waals surface area contributed by atoms with Gasteiger partial charge in [0.25, 0.3) is 0 Å². The molecule has 0 heterocycles.